The van der Waals surface area contributed by atoms with Crippen molar-refractivity contribution in [3.05, 3.63) is 65.6 Å². The highest BCUT2D eigenvalue weighted by Crippen LogP contribution is 2.45. The molecule has 5 rings (SSSR count). The fraction of sp³-hybridized carbons (Fsp3) is 0.333. The van der Waals surface area contributed by atoms with Gasteiger partial charge in [-0.15, -0.1) is 5.10 Å². The molecule has 0 amide bonds. The molecule has 1 atom stereocenters. The Kier molecular flexibility index (Phi) is 4.61. The molecule has 0 saturated carbocycles. The van der Waals surface area contributed by atoms with E-state index in [1.54, 1.807) is 12.4 Å². The number of hydrogen-bond donors (Lipinski definition) is 1. The van der Waals surface area contributed by atoms with Gasteiger partial charge in [0.15, 0.2) is 11.6 Å². The average molecular weight is 415 g/mol. The van der Waals surface area contributed by atoms with Gasteiger partial charge in [-0.05, 0) is 54.7 Å². The third-order valence-electron chi connectivity index (χ3n) is 5.76. The minimum atomic E-state index is -0.340. The fourth-order valence-electron chi connectivity index (χ4n) is 4.44. The third kappa shape index (κ3) is 3.50. The smallest absolute Gasteiger partial charge is 0.226 e. The molecule has 1 aromatic carbocycles. The molecule has 2 aliphatic rings. The highest BCUT2D eigenvalue weighted by molar-refractivity contribution is 6.00. The Hall–Kier alpha value is -3.48. The number of carbonyl (C=O) groups excluding carboxylic acids is 1. The quantitative estimate of drug-likeness (QED) is 0.680. The largest absolute Gasteiger partial charge is 0.494 e. The molecule has 3 aromatic rings. The van der Waals surface area contributed by atoms with E-state index in [1.807, 2.05) is 48.0 Å². The van der Waals surface area contributed by atoms with E-state index in [9.17, 15) is 4.79 Å². The van der Waals surface area contributed by atoms with Crippen molar-refractivity contribution in [2.24, 2.45) is 5.41 Å². The molecule has 0 spiro atoms. The molecule has 0 fully saturated rings. The number of Topliss-reactive ketones (excluding diaryl/α,β-unsaturated/α-hetero) is 1. The molecule has 7 nitrogen and oxygen atoms in total. The van der Waals surface area contributed by atoms with Gasteiger partial charge in [0.1, 0.15) is 11.8 Å². The Balaban J connectivity index is 1.61. The lowest BCUT2D eigenvalue weighted by atomic mass is 9.73. The summed E-state index contributed by atoms with van der Waals surface area (Å²) in [5.74, 6) is 2.20. The van der Waals surface area contributed by atoms with Gasteiger partial charge < -0.3 is 10.1 Å². The highest BCUT2D eigenvalue weighted by atomic mass is 16.5. The average Bonchev–Trinajstić information content (AvgIpc) is 3.16. The first-order valence-electron chi connectivity index (χ1n) is 10.6. The minimum Gasteiger partial charge on any atom is -0.494 e. The van der Waals surface area contributed by atoms with Crippen molar-refractivity contribution >= 4 is 11.7 Å². The maximum Gasteiger partial charge on any atom is 0.226 e. The minimum absolute atomic E-state index is 0.0947. The Morgan fingerprint density at radius 3 is 2.71 bits per heavy atom. The molecule has 0 saturated heterocycles. The van der Waals surface area contributed by atoms with Crippen molar-refractivity contribution in [3.63, 3.8) is 0 Å². The lowest BCUT2D eigenvalue weighted by Gasteiger charge is -2.38. The summed E-state index contributed by atoms with van der Waals surface area (Å²) in [4.78, 5) is 22.3. The first-order valence-corrected chi connectivity index (χ1v) is 10.6. The monoisotopic (exact) mass is 415 g/mol. The lowest BCUT2D eigenvalue weighted by Crippen LogP contribution is -2.36. The van der Waals surface area contributed by atoms with Crippen LogP contribution >= 0.6 is 0 Å². The number of rotatable bonds is 4. The number of pyridine rings is 1. The van der Waals surface area contributed by atoms with Gasteiger partial charge in [-0.3, -0.25) is 9.78 Å². The second kappa shape index (κ2) is 7.34. The maximum atomic E-state index is 13.2. The van der Waals surface area contributed by atoms with Crippen LogP contribution in [0.15, 0.2) is 60.1 Å². The van der Waals surface area contributed by atoms with Gasteiger partial charge in [0.25, 0.3) is 0 Å². The number of ether oxygens (including phenoxy) is 1. The first-order chi connectivity index (χ1) is 14.9. The zero-order valence-electron chi connectivity index (χ0n) is 17.9. The van der Waals surface area contributed by atoms with Crippen LogP contribution in [0.25, 0.3) is 11.4 Å². The molecule has 3 heterocycles. The molecule has 1 aliphatic carbocycles. The molecule has 0 radical (unpaired) electrons. The van der Waals surface area contributed by atoms with Crippen LogP contribution in [0.4, 0.5) is 5.95 Å². The topological polar surface area (TPSA) is 81.9 Å². The summed E-state index contributed by atoms with van der Waals surface area (Å²) in [7, 11) is 0. The van der Waals surface area contributed by atoms with Crippen LogP contribution in [0.3, 0.4) is 0 Å². The zero-order chi connectivity index (χ0) is 21.6. The van der Waals surface area contributed by atoms with E-state index in [0.29, 0.717) is 24.8 Å². The fourth-order valence-corrected chi connectivity index (χ4v) is 4.44. The number of anilines is 1. The van der Waals surface area contributed by atoms with Crippen molar-refractivity contribution in [2.45, 2.75) is 39.7 Å². The van der Waals surface area contributed by atoms with Gasteiger partial charge in [-0.2, -0.15) is 4.98 Å². The Morgan fingerprint density at radius 2 is 2.00 bits per heavy atom. The summed E-state index contributed by atoms with van der Waals surface area (Å²) in [6.45, 7) is 6.83. The summed E-state index contributed by atoms with van der Waals surface area (Å²) in [5.41, 5.74) is 3.43. The highest BCUT2D eigenvalue weighted by Gasteiger charge is 2.41. The number of fused-ring (bicyclic) bond motifs is 1. The van der Waals surface area contributed by atoms with Gasteiger partial charge in [0, 0.05) is 35.6 Å². The molecule has 7 heteroatoms. The van der Waals surface area contributed by atoms with E-state index < -0.39 is 0 Å². The van der Waals surface area contributed by atoms with Gasteiger partial charge in [0.05, 0.1) is 6.61 Å². The van der Waals surface area contributed by atoms with E-state index in [0.717, 1.165) is 34.6 Å². The predicted molar refractivity (Wildman–Crippen MR) is 118 cm³/mol. The number of nitrogens with one attached hydrogen (secondary N) is 1. The summed E-state index contributed by atoms with van der Waals surface area (Å²) in [6, 6.07) is 11.3. The van der Waals surface area contributed by atoms with Crippen LogP contribution in [0.1, 0.15) is 45.2 Å². The number of allylic oxidation sites excluding steroid dienone is 2. The van der Waals surface area contributed by atoms with Crippen LogP contribution in [-0.2, 0) is 4.79 Å². The number of carbonyl (C=O) groups is 1. The van der Waals surface area contributed by atoms with Crippen molar-refractivity contribution < 1.29 is 9.53 Å². The van der Waals surface area contributed by atoms with E-state index in [2.05, 4.69) is 24.1 Å². The van der Waals surface area contributed by atoms with Crippen molar-refractivity contribution in [1.29, 1.82) is 0 Å². The Labute approximate surface area is 181 Å². The van der Waals surface area contributed by atoms with Crippen molar-refractivity contribution in [3.8, 4) is 17.1 Å². The second-order valence-corrected chi connectivity index (χ2v) is 8.81. The number of hydrogen-bond acceptors (Lipinski definition) is 6. The second-order valence-electron chi connectivity index (χ2n) is 8.81. The number of nitrogens with zero attached hydrogens (tertiary/aromatic N) is 4. The van der Waals surface area contributed by atoms with E-state index in [4.69, 9.17) is 14.8 Å². The summed E-state index contributed by atoms with van der Waals surface area (Å²) < 4.78 is 7.36. The molecular weight excluding hydrogens is 390 g/mol. The van der Waals surface area contributed by atoms with Crippen molar-refractivity contribution in [2.75, 3.05) is 11.9 Å². The van der Waals surface area contributed by atoms with Crippen LogP contribution < -0.4 is 10.1 Å². The molecule has 0 bridgehead atoms. The SMILES string of the molecule is CCOc1ccc(-c2nc3n(n2)C(c2cccnc2)C2=C(CC(C)(C)CC2=O)N3)cc1. The molecule has 31 heavy (non-hydrogen) atoms. The zero-order valence-corrected chi connectivity index (χ0v) is 17.9. The molecule has 158 valence electrons. The van der Waals surface area contributed by atoms with Gasteiger partial charge >= 0.3 is 0 Å². The molecule has 1 N–H and O–H groups in total. The van der Waals surface area contributed by atoms with E-state index in [-0.39, 0.29) is 17.2 Å². The van der Waals surface area contributed by atoms with E-state index >= 15 is 0 Å². The van der Waals surface area contributed by atoms with Crippen molar-refractivity contribution in [1.82, 2.24) is 19.7 Å². The Morgan fingerprint density at radius 1 is 1.19 bits per heavy atom. The van der Waals surface area contributed by atoms with E-state index in [1.165, 1.54) is 0 Å². The predicted octanol–water partition coefficient (Wildman–Crippen LogP) is 4.40. The molecule has 1 aliphatic heterocycles. The van der Waals surface area contributed by atoms with Gasteiger partial charge in [0.2, 0.25) is 5.95 Å². The number of ketones is 1. The van der Waals surface area contributed by atoms with Crippen LogP contribution in [0, 0.1) is 5.41 Å². The first kappa shape index (κ1) is 19.5. The summed E-state index contributed by atoms with van der Waals surface area (Å²) in [5, 5.41) is 8.21. The van der Waals surface area contributed by atoms with Gasteiger partial charge in [-0.1, -0.05) is 19.9 Å². The van der Waals surface area contributed by atoms with Gasteiger partial charge in [-0.25, -0.2) is 4.68 Å². The molecular formula is C24H25N5O2. The molecule has 2 aromatic heterocycles. The standard InChI is InChI=1S/C24H25N5O2/c1-4-31-17-9-7-15(8-10-17)22-27-23-26-18-12-24(2,3)13-19(30)20(18)21(29(23)28-22)16-6-5-11-25-14-16/h5-11,14,21H,4,12-13H2,1-3H3,(H,26,27,28). The van der Waals surface area contributed by atoms with Crippen LogP contribution in [0.2, 0.25) is 0 Å². The lowest BCUT2D eigenvalue weighted by molar-refractivity contribution is -0.118. The summed E-state index contributed by atoms with van der Waals surface area (Å²) in [6.07, 6.45) is 4.84. The number of benzene rings is 1. The normalized spacial score (nSPS) is 19.5. The maximum absolute atomic E-state index is 13.2. The molecule has 1 unspecified atom stereocenters. The Bertz CT molecular complexity index is 1160. The van der Waals surface area contributed by atoms with Crippen LogP contribution in [0.5, 0.6) is 5.75 Å². The summed E-state index contributed by atoms with van der Waals surface area (Å²) >= 11 is 0. The van der Waals surface area contributed by atoms with Crippen LogP contribution in [-0.4, -0.2) is 32.1 Å². The number of aromatic nitrogens is 4. The third-order valence-corrected chi connectivity index (χ3v) is 5.76.